The Morgan fingerprint density at radius 1 is 1.00 bits per heavy atom. The second kappa shape index (κ2) is 5.03. The normalized spacial score (nSPS) is 24.5. The molecular weight excluding hydrogens is 272 g/mol. The molecule has 7 heteroatoms. The standard InChI is InChI=1S/C12H11F6N/c13-7-5-4-6(10(14)11(7)15)8-2-1-3-9(19-8)12(16,17)18/h4-5,8-9,19H,1-3H2. The van der Waals surface area contributed by atoms with Gasteiger partial charge in [0.25, 0.3) is 0 Å². The second-order valence-corrected chi connectivity index (χ2v) is 4.51. The third kappa shape index (κ3) is 2.86. The molecule has 106 valence electrons. The van der Waals surface area contributed by atoms with Gasteiger partial charge in [0.1, 0.15) is 6.04 Å². The van der Waals surface area contributed by atoms with E-state index in [-0.39, 0.29) is 24.8 Å². The van der Waals surface area contributed by atoms with E-state index in [1.807, 2.05) is 0 Å². The Kier molecular flexibility index (Phi) is 3.75. The Morgan fingerprint density at radius 2 is 1.68 bits per heavy atom. The fourth-order valence-electron chi connectivity index (χ4n) is 2.25. The van der Waals surface area contributed by atoms with Crippen LogP contribution in [0.2, 0.25) is 0 Å². The molecule has 1 aliphatic heterocycles. The summed E-state index contributed by atoms with van der Waals surface area (Å²) >= 11 is 0. The summed E-state index contributed by atoms with van der Waals surface area (Å²) in [5, 5.41) is 2.24. The van der Waals surface area contributed by atoms with Gasteiger partial charge in [-0.25, -0.2) is 13.2 Å². The fourth-order valence-corrected chi connectivity index (χ4v) is 2.25. The summed E-state index contributed by atoms with van der Waals surface area (Å²) in [6.45, 7) is 0. The van der Waals surface area contributed by atoms with Gasteiger partial charge in [0.05, 0.1) is 0 Å². The van der Waals surface area contributed by atoms with Gasteiger partial charge in [-0.3, -0.25) is 5.32 Å². The number of hydrogen-bond acceptors (Lipinski definition) is 1. The molecule has 0 aliphatic carbocycles. The lowest BCUT2D eigenvalue weighted by molar-refractivity contribution is -0.163. The number of nitrogens with one attached hydrogen (secondary N) is 1. The van der Waals surface area contributed by atoms with Crippen molar-refractivity contribution in [1.29, 1.82) is 0 Å². The smallest absolute Gasteiger partial charge is 0.299 e. The molecule has 1 saturated heterocycles. The SMILES string of the molecule is Fc1ccc(C2CCCC(C(F)(F)F)N2)c(F)c1F. The zero-order valence-electron chi connectivity index (χ0n) is 9.70. The molecule has 0 bridgehead atoms. The number of piperidine rings is 1. The van der Waals surface area contributed by atoms with Gasteiger partial charge in [0, 0.05) is 11.6 Å². The van der Waals surface area contributed by atoms with Crippen molar-refractivity contribution in [3.05, 3.63) is 35.1 Å². The van der Waals surface area contributed by atoms with Crippen LogP contribution in [0, 0.1) is 17.5 Å². The summed E-state index contributed by atoms with van der Waals surface area (Å²) in [5.74, 6) is -4.45. The molecule has 2 atom stereocenters. The Morgan fingerprint density at radius 3 is 2.32 bits per heavy atom. The van der Waals surface area contributed by atoms with E-state index < -0.39 is 35.7 Å². The molecule has 1 aromatic carbocycles. The van der Waals surface area contributed by atoms with Crippen LogP contribution in [0.5, 0.6) is 0 Å². The van der Waals surface area contributed by atoms with Crippen LogP contribution < -0.4 is 5.32 Å². The maximum absolute atomic E-state index is 13.5. The molecule has 0 amide bonds. The van der Waals surface area contributed by atoms with Crippen LogP contribution in [0.15, 0.2) is 12.1 Å². The summed E-state index contributed by atoms with van der Waals surface area (Å²) in [5.41, 5.74) is -0.271. The first kappa shape index (κ1) is 14.2. The maximum atomic E-state index is 13.5. The van der Waals surface area contributed by atoms with Gasteiger partial charge in [-0.2, -0.15) is 13.2 Å². The van der Waals surface area contributed by atoms with E-state index in [1.165, 1.54) is 0 Å². The largest absolute Gasteiger partial charge is 0.403 e. The number of alkyl halides is 3. The van der Waals surface area contributed by atoms with Gasteiger partial charge < -0.3 is 0 Å². The van der Waals surface area contributed by atoms with Crippen LogP contribution in [-0.2, 0) is 0 Å². The molecule has 1 fully saturated rings. The zero-order valence-corrected chi connectivity index (χ0v) is 9.70. The topological polar surface area (TPSA) is 12.0 Å². The molecule has 2 rings (SSSR count). The van der Waals surface area contributed by atoms with E-state index in [0.29, 0.717) is 6.07 Å². The average molecular weight is 283 g/mol. The number of rotatable bonds is 1. The molecule has 19 heavy (non-hydrogen) atoms. The van der Waals surface area contributed by atoms with E-state index in [0.717, 1.165) is 6.07 Å². The van der Waals surface area contributed by atoms with Gasteiger partial charge >= 0.3 is 6.18 Å². The highest BCUT2D eigenvalue weighted by Crippen LogP contribution is 2.34. The maximum Gasteiger partial charge on any atom is 0.403 e. The van der Waals surface area contributed by atoms with Crippen molar-refractivity contribution in [2.45, 2.75) is 37.5 Å². The molecule has 1 nitrogen and oxygen atoms in total. The van der Waals surface area contributed by atoms with Gasteiger partial charge in [0.15, 0.2) is 17.5 Å². The van der Waals surface area contributed by atoms with Crippen LogP contribution >= 0.6 is 0 Å². The van der Waals surface area contributed by atoms with Crippen molar-refractivity contribution in [1.82, 2.24) is 5.32 Å². The second-order valence-electron chi connectivity index (χ2n) is 4.51. The van der Waals surface area contributed by atoms with Crippen LogP contribution in [0.4, 0.5) is 26.3 Å². The van der Waals surface area contributed by atoms with E-state index in [2.05, 4.69) is 5.32 Å². The number of halogens is 6. The van der Waals surface area contributed by atoms with Gasteiger partial charge in [-0.05, 0) is 25.3 Å². The predicted molar refractivity (Wildman–Crippen MR) is 55.9 cm³/mol. The van der Waals surface area contributed by atoms with Crippen LogP contribution in [-0.4, -0.2) is 12.2 Å². The minimum Gasteiger partial charge on any atom is -0.299 e. The molecule has 0 spiro atoms. The summed E-state index contributed by atoms with van der Waals surface area (Å²) in [6, 6.07) is -1.02. The minimum absolute atomic E-state index is 0.106. The first-order valence-corrected chi connectivity index (χ1v) is 5.77. The van der Waals surface area contributed by atoms with Crippen molar-refractivity contribution in [2.24, 2.45) is 0 Å². The summed E-state index contributed by atoms with van der Waals surface area (Å²) < 4.78 is 77.1. The van der Waals surface area contributed by atoms with E-state index >= 15 is 0 Å². The number of benzene rings is 1. The van der Waals surface area contributed by atoms with E-state index in [1.54, 1.807) is 0 Å². The summed E-state index contributed by atoms with van der Waals surface area (Å²) in [6.07, 6.45) is -4.06. The fraction of sp³-hybridized carbons (Fsp3) is 0.500. The summed E-state index contributed by atoms with van der Waals surface area (Å²) in [4.78, 5) is 0. The number of hydrogen-bond donors (Lipinski definition) is 1. The lowest BCUT2D eigenvalue weighted by Crippen LogP contribution is -2.46. The lowest BCUT2D eigenvalue weighted by Gasteiger charge is -2.32. The Labute approximate surface area is 105 Å². The van der Waals surface area contributed by atoms with Crippen LogP contribution in [0.3, 0.4) is 0 Å². The van der Waals surface area contributed by atoms with Gasteiger partial charge in [-0.15, -0.1) is 0 Å². The molecule has 2 unspecified atom stereocenters. The molecule has 1 aromatic rings. The predicted octanol–water partition coefficient (Wildman–Crippen LogP) is 3.85. The van der Waals surface area contributed by atoms with Crippen LogP contribution in [0.25, 0.3) is 0 Å². The highest BCUT2D eigenvalue weighted by molar-refractivity contribution is 5.24. The molecule has 1 aliphatic rings. The van der Waals surface area contributed by atoms with E-state index in [4.69, 9.17) is 0 Å². The van der Waals surface area contributed by atoms with Crippen LogP contribution in [0.1, 0.15) is 30.9 Å². The molecule has 0 radical (unpaired) electrons. The van der Waals surface area contributed by atoms with E-state index in [9.17, 15) is 26.3 Å². The highest BCUT2D eigenvalue weighted by atomic mass is 19.4. The van der Waals surface area contributed by atoms with Gasteiger partial charge in [0.2, 0.25) is 0 Å². The highest BCUT2D eigenvalue weighted by Gasteiger charge is 2.42. The minimum atomic E-state index is -4.44. The molecule has 0 aromatic heterocycles. The van der Waals surface area contributed by atoms with Crippen molar-refractivity contribution in [3.8, 4) is 0 Å². The Bertz CT molecular complexity index is 470. The first-order chi connectivity index (χ1) is 8.80. The summed E-state index contributed by atoms with van der Waals surface area (Å²) in [7, 11) is 0. The molecule has 1 heterocycles. The van der Waals surface area contributed by atoms with Crippen molar-refractivity contribution < 1.29 is 26.3 Å². The molecule has 1 N–H and O–H groups in total. The Hall–Kier alpha value is -1.24. The third-order valence-corrected chi connectivity index (χ3v) is 3.22. The quantitative estimate of drug-likeness (QED) is 0.610. The third-order valence-electron chi connectivity index (χ3n) is 3.22. The zero-order chi connectivity index (χ0) is 14.2. The first-order valence-electron chi connectivity index (χ1n) is 5.77. The van der Waals surface area contributed by atoms with Crippen molar-refractivity contribution in [2.75, 3.05) is 0 Å². The lowest BCUT2D eigenvalue weighted by atomic mass is 9.93. The van der Waals surface area contributed by atoms with Crippen molar-refractivity contribution >= 4 is 0 Å². The van der Waals surface area contributed by atoms with Crippen molar-refractivity contribution in [3.63, 3.8) is 0 Å². The molecule has 0 saturated carbocycles. The molecular formula is C12H11F6N. The van der Waals surface area contributed by atoms with Gasteiger partial charge in [-0.1, -0.05) is 6.07 Å². The Balaban J connectivity index is 2.25. The monoisotopic (exact) mass is 283 g/mol. The average Bonchev–Trinajstić information content (AvgIpc) is 2.35.